The molecule has 2 aliphatic rings. The molecule has 25 heavy (non-hydrogen) atoms. The second kappa shape index (κ2) is 10.9. The van der Waals surface area contributed by atoms with Crippen molar-refractivity contribution in [2.45, 2.75) is 65.5 Å². The molecule has 2 atom stereocenters. The maximum absolute atomic E-state index is 6.12. The summed E-state index contributed by atoms with van der Waals surface area (Å²) in [5.74, 6) is 1.64. The SMILES string of the molecule is CCC(C)CN1CCN(CCOC2CC(N(C)CC(C)CC)C2)CC1. The highest BCUT2D eigenvalue weighted by Gasteiger charge is 2.33. The fraction of sp³-hybridized carbons (Fsp3) is 1.00. The predicted molar refractivity (Wildman–Crippen MR) is 107 cm³/mol. The minimum Gasteiger partial charge on any atom is -0.377 e. The highest BCUT2D eigenvalue weighted by atomic mass is 16.5. The van der Waals surface area contributed by atoms with Gasteiger partial charge in [-0.05, 0) is 31.7 Å². The summed E-state index contributed by atoms with van der Waals surface area (Å²) in [5, 5.41) is 0. The van der Waals surface area contributed by atoms with Crippen LogP contribution in [0.2, 0.25) is 0 Å². The lowest BCUT2D eigenvalue weighted by Crippen LogP contribution is -2.50. The Morgan fingerprint density at radius 3 is 2.16 bits per heavy atom. The van der Waals surface area contributed by atoms with E-state index in [9.17, 15) is 0 Å². The molecular formula is C21H43N3O. The van der Waals surface area contributed by atoms with E-state index in [-0.39, 0.29) is 0 Å². The Morgan fingerprint density at radius 2 is 1.56 bits per heavy atom. The van der Waals surface area contributed by atoms with Crippen molar-refractivity contribution < 1.29 is 4.74 Å². The molecule has 1 aliphatic carbocycles. The van der Waals surface area contributed by atoms with Crippen LogP contribution in [0.3, 0.4) is 0 Å². The Bertz CT molecular complexity index is 351. The van der Waals surface area contributed by atoms with Gasteiger partial charge in [0.05, 0.1) is 12.7 Å². The molecule has 1 heterocycles. The predicted octanol–water partition coefficient (Wildman–Crippen LogP) is 3.18. The molecule has 148 valence electrons. The Hall–Kier alpha value is -0.160. The summed E-state index contributed by atoms with van der Waals surface area (Å²) in [6.45, 7) is 18.7. The van der Waals surface area contributed by atoms with E-state index < -0.39 is 0 Å². The van der Waals surface area contributed by atoms with Crippen molar-refractivity contribution in [3.8, 4) is 0 Å². The molecule has 1 saturated heterocycles. The molecule has 2 unspecified atom stereocenters. The number of piperazine rings is 1. The Morgan fingerprint density at radius 1 is 0.960 bits per heavy atom. The zero-order chi connectivity index (χ0) is 18.2. The zero-order valence-electron chi connectivity index (χ0n) is 17.5. The molecular weight excluding hydrogens is 310 g/mol. The van der Waals surface area contributed by atoms with Gasteiger partial charge < -0.3 is 14.5 Å². The van der Waals surface area contributed by atoms with Gasteiger partial charge in [0, 0.05) is 51.9 Å². The fourth-order valence-electron chi connectivity index (χ4n) is 3.92. The van der Waals surface area contributed by atoms with Gasteiger partial charge in [0.25, 0.3) is 0 Å². The number of ether oxygens (including phenoxy) is 1. The molecule has 1 aliphatic heterocycles. The third-order valence-corrected chi connectivity index (χ3v) is 6.48. The third-order valence-electron chi connectivity index (χ3n) is 6.48. The van der Waals surface area contributed by atoms with Crippen LogP contribution in [0.4, 0.5) is 0 Å². The first kappa shape index (κ1) is 21.1. The van der Waals surface area contributed by atoms with Crippen LogP contribution in [0.25, 0.3) is 0 Å². The molecule has 0 aromatic rings. The smallest absolute Gasteiger partial charge is 0.0605 e. The van der Waals surface area contributed by atoms with Gasteiger partial charge in [-0.1, -0.05) is 40.5 Å². The standard InChI is InChI=1S/C21H43N3O/c1-6-18(3)16-22(5)20-14-21(15-20)25-13-12-23-8-10-24(11-9-23)17-19(4)7-2/h18-21H,6-17H2,1-5H3. The van der Waals surface area contributed by atoms with Crippen LogP contribution in [0, 0.1) is 11.8 Å². The van der Waals surface area contributed by atoms with Crippen LogP contribution < -0.4 is 0 Å². The minimum atomic E-state index is 0.510. The lowest BCUT2D eigenvalue weighted by Gasteiger charge is -2.42. The van der Waals surface area contributed by atoms with Crippen LogP contribution in [-0.4, -0.2) is 86.3 Å². The quantitative estimate of drug-likeness (QED) is 0.568. The Kier molecular flexibility index (Phi) is 9.18. The van der Waals surface area contributed by atoms with E-state index in [1.54, 1.807) is 0 Å². The van der Waals surface area contributed by atoms with Crippen LogP contribution in [0.1, 0.15) is 53.4 Å². The van der Waals surface area contributed by atoms with Crippen molar-refractivity contribution in [1.82, 2.24) is 14.7 Å². The van der Waals surface area contributed by atoms with E-state index >= 15 is 0 Å². The van der Waals surface area contributed by atoms with Crippen molar-refractivity contribution in [3.05, 3.63) is 0 Å². The summed E-state index contributed by atoms with van der Waals surface area (Å²) in [6, 6.07) is 0.753. The topological polar surface area (TPSA) is 19.0 Å². The molecule has 0 radical (unpaired) electrons. The average Bonchev–Trinajstić information content (AvgIpc) is 2.57. The van der Waals surface area contributed by atoms with Crippen molar-refractivity contribution >= 4 is 0 Å². The molecule has 0 aromatic carbocycles. The first-order valence-electron chi connectivity index (χ1n) is 10.8. The number of nitrogens with zero attached hydrogens (tertiary/aromatic N) is 3. The van der Waals surface area contributed by atoms with E-state index in [0.29, 0.717) is 6.10 Å². The van der Waals surface area contributed by atoms with Crippen molar-refractivity contribution in [3.63, 3.8) is 0 Å². The molecule has 1 saturated carbocycles. The van der Waals surface area contributed by atoms with Crippen molar-refractivity contribution in [1.29, 1.82) is 0 Å². The monoisotopic (exact) mass is 353 g/mol. The van der Waals surface area contributed by atoms with E-state index in [1.165, 1.54) is 65.0 Å². The summed E-state index contributed by atoms with van der Waals surface area (Å²) in [4.78, 5) is 7.76. The number of rotatable bonds is 11. The molecule has 0 spiro atoms. The van der Waals surface area contributed by atoms with E-state index in [2.05, 4.69) is 49.4 Å². The van der Waals surface area contributed by atoms with Gasteiger partial charge in [0.1, 0.15) is 0 Å². The lowest BCUT2D eigenvalue weighted by atomic mass is 9.87. The second-order valence-electron chi connectivity index (χ2n) is 8.73. The molecule has 2 fully saturated rings. The molecule has 4 heteroatoms. The average molecular weight is 354 g/mol. The fourth-order valence-corrected chi connectivity index (χ4v) is 3.92. The largest absolute Gasteiger partial charge is 0.377 e. The zero-order valence-corrected chi connectivity index (χ0v) is 17.5. The second-order valence-corrected chi connectivity index (χ2v) is 8.73. The summed E-state index contributed by atoms with van der Waals surface area (Å²) < 4.78 is 6.12. The molecule has 4 nitrogen and oxygen atoms in total. The lowest BCUT2D eigenvalue weighted by molar-refractivity contribution is -0.0547. The molecule has 2 rings (SSSR count). The Labute approximate surface area is 156 Å². The van der Waals surface area contributed by atoms with Crippen LogP contribution >= 0.6 is 0 Å². The highest BCUT2D eigenvalue weighted by molar-refractivity contribution is 4.87. The Balaban J connectivity index is 1.49. The van der Waals surface area contributed by atoms with Crippen LogP contribution in [-0.2, 0) is 4.74 Å². The maximum atomic E-state index is 6.12. The van der Waals surface area contributed by atoms with Crippen molar-refractivity contribution in [2.24, 2.45) is 11.8 Å². The first-order valence-corrected chi connectivity index (χ1v) is 10.8. The first-order chi connectivity index (χ1) is 12.0. The molecule has 0 aromatic heterocycles. The molecule has 0 bridgehead atoms. The number of hydrogen-bond acceptors (Lipinski definition) is 4. The summed E-state index contributed by atoms with van der Waals surface area (Å²) >= 11 is 0. The van der Waals surface area contributed by atoms with Gasteiger partial charge in [-0.15, -0.1) is 0 Å². The van der Waals surface area contributed by atoms with E-state index in [4.69, 9.17) is 4.74 Å². The minimum absolute atomic E-state index is 0.510. The van der Waals surface area contributed by atoms with E-state index in [0.717, 1.165) is 31.0 Å². The maximum Gasteiger partial charge on any atom is 0.0605 e. The van der Waals surface area contributed by atoms with Gasteiger partial charge in [-0.3, -0.25) is 4.90 Å². The normalized spacial score (nSPS) is 28.1. The van der Waals surface area contributed by atoms with Crippen molar-refractivity contribution in [2.75, 3.05) is 59.5 Å². The highest BCUT2D eigenvalue weighted by Crippen LogP contribution is 2.28. The third kappa shape index (κ3) is 7.16. The summed E-state index contributed by atoms with van der Waals surface area (Å²) in [6.07, 6.45) is 5.55. The van der Waals surface area contributed by atoms with E-state index in [1.807, 2.05) is 0 Å². The summed E-state index contributed by atoms with van der Waals surface area (Å²) in [7, 11) is 2.28. The number of hydrogen-bond donors (Lipinski definition) is 0. The molecule has 0 N–H and O–H groups in total. The van der Waals surface area contributed by atoms with Gasteiger partial charge >= 0.3 is 0 Å². The van der Waals surface area contributed by atoms with Gasteiger partial charge in [0.15, 0.2) is 0 Å². The van der Waals surface area contributed by atoms with Gasteiger partial charge in [-0.25, -0.2) is 0 Å². The van der Waals surface area contributed by atoms with Crippen LogP contribution in [0.15, 0.2) is 0 Å². The summed E-state index contributed by atoms with van der Waals surface area (Å²) in [5.41, 5.74) is 0. The van der Waals surface area contributed by atoms with Gasteiger partial charge in [-0.2, -0.15) is 0 Å². The van der Waals surface area contributed by atoms with Crippen LogP contribution in [0.5, 0.6) is 0 Å². The molecule has 0 amide bonds. The van der Waals surface area contributed by atoms with Gasteiger partial charge in [0.2, 0.25) is 0 Å².